The van der Waals surface area contributed by atoms with E-state index in [1.807, 2.05) is 12.1 Å². The minimum atomic E-state index is 0.680. The van der Waals surface area contributed by atoms with Gasteiger partial charge in [0.1, 0.15) is 5.01 Å². The molecule has 0 bridgehead atoms. The van der Waals surface area contributed by atoms with E-state index in [2.05, 4.69) is 71.0 Å². The van der Waals surface area contributed by atoms with Crippen molar-refractivity contribution in [1.29, 1.82) is 0 Å². The van der Waals surface area contributed by atoms with Gasteiger partial charge in [0.25, 0.3) is 0 Å². The third-order valence-corrected chi connectivity index (χ3v) is 4.05. The number of hydrazone groups is 1. The first kappa shape index (κ1) is 14.4. The SMILES string of the molecule is Cc1ccc(/C=N/Nc2nnc(-c3ccc(C)cc3)s2)cc1. The summed E-state index contributed by atoms with van der Waals surface area (Å²) in [5, 5.41) is 14.0. The van der Waals surface area contributed by atoms with Crippen LogP contribution in [0.1, 0.15) is 16.7 Å². The summed E-state index contributed by atoms with van der Waals surface area (Å²) >= 11 is 1.48. The molecule has 2 aromatic carbocycles. The lowest BCUT2D eigenvalue weighted by atomic mass is 10.2. The molecule has 0 aliphatic heterocycles. The molecule has 0 saturated heterocycles. The normalized spacial score (nSPS) is 11.0. The molecule has 3 aromatic rings. The number of benzene rings is 2. The van der Waals surface area contributed by atoms with Crippen molar-refractivity contribution >= 4 is 22.7 Å². The van der Waals surface area contributed by atoms with Gasteiger partial charge in [-0.3, -0.25) is 5.43 Å². The largest absolute Gasteiger partial charge is 0.251 e. The highest BCUT2D eigenvalue weighted by atomic mass is 32.1. The van der Waals surface area contributed by atoms with Crippen LogP contribution < -0.4 is 5.43 Å². The van der Waals surface area contributed by atoms with Gasteiger partial charge in [-0.2, -0.15) is 5.10 Å². The van der Waals surface area contributed by atoms with Crippen LogP contribution in [-0.4, -0.2) is 16.4 Å². The van der Waals surface area contributed by atoms with Crippen molar-refractivity contribution in [1.82, 2.24) is 10.2 Å². The van der Waals surface area contributed by atoms with Gasteiger partial charge in [-0.1, -0.05) is 71.0 Å². The average molecular weight is 308 g/mol. The first-order chi connectivity index (χ1) is 10.7. The number of hydrogen-bond donors (Lipinski definition) is 1. The summed E-state index contributed by atoms with van der Waals surface area (Å²) in [4.78, 5) is 0. The summed E-state index contributed by atoms with van der Waals surface area (Å²) in [5.41, 5.74) is 7.50. The Kier molecular flexibility index (Phi) is 4.25. The van der Waals surface area contributed by atoms with Gasteiger partial charge in [-0.05, 0) is 19.4 Å². The van der Waals surface area contributed by atoms with E-state index in [0.29, 0.717) is 5.13 Å². The van der Waals surface area contributed by atoms with E-state index in [0.717, 1.165) is 16.1 Å². The molecule has 3 rings (SSSR count). The molecule has 0 amide bonds. The first-order valence-corrected chi connectivity index (χ1v) is 7.79. The lowest BCUT2D eigenvalue weighted by molar-refractivity contribution is 1.08. The molecule has 0 radical (unpaired) electrons. The number of nitrogens with zero attached hydrogens (tertiary/aromatic N) is 3. The highest BCUT2D eigenvalue weighted by molar-refractivity contribution is 7.18. The van der Waals surface area contributed by atoms with Crippen LogP contribution in [0.3, 0.4) is 0 Å². The summed E-state index contributed by atoms with van der Waals surface area (Å²) in [5.74, 6) is 0. The molecule has 1 aromatic heterocycles. The van der Waals surface area contributed by atoms with Gasteiger partial charge in [0, 0.05) is 5.56 Å². The van der Waals surface area contributed by atoms with E-state index in [-0.39, 0.29) is 0 Å². The van der Waals surface area contributed by atoms with E-state index in [1.165, 1.54) is 22.5 Å². The standard InChI is InChI=1S/C17H16N4S/c1-12-3-7-14(8-4-12)11-18-20-17-21-19-16(22-17)15-9-5-13(2)6-10-15/h3-11H,1-2H3,(H,20,21)/b18-11+. The monoisotopic (exact) mass is 308 g/mol. The Morgan fingerprint density at radius 2 is 1.55 bits per heavy atom. The zero-order valence-corrected chi connectivity index (χ0v) is 13.3. The Bertz CT molecular complexity index is 773. The van der Waals surface area contributed by atoms with Gasteiger partial charge in [-0.15, -0.1) is 10.2 Å². The zero-order chi connectivity index (χ0) is 15.4. The van der Waals surface area contributed by atoms with Crippen LogP contribution in [0.15, 0.2) is 53.6 Å². The lowest BCUT2D eigenvalue weighted by Gasteiger charge is -1.96. The quantitative estimate of drug-likeness (QED) is 0.578. The maximum absolute atomic E-state index is 4.20. The minimum Gasteiger partial charge on any atom is -0.251 e. The van der Waals surface area contributed by atoms with Gasteiger partial charge in [0.2, 0.25) is 5.13 Å². The maximum Gasteiger partial charge on any atom is 0.226 e. The van der Waals surface area contributed by atoms with E-state index in [4.69, 9.17) is 0 Å². The van der Waals surface area contributed by atoms with Crippen LogP contribution in [0, 0.1) is 13.8 Å². The Hall–Kier alpha value is -2.53. The van der Waals surface area contributed by atoms with Crippen LogP contribution >= 0.6 is 11.3 Å². The Morgan fingerprint density at radius 1 is 0.909 bits per heavy atom. The van der Waals surface area contributed by atoms with Crippen LogP contribution in [0.2, 0.25) is 0 Å². The third kappa shape index (κ3) is 3.56. The number of aryl methyl sites for hydroxylation is 2. The first-order valence-electron chi connectivity index (χ1n) is 6.97. The van der Waals surface area contributed by atoms with Gasteiger partial charge < -0.3 is 0 Å². The number of aromatic nitrogens is 2. The van der Waals surface area contributed by atoms with Crippen LogP contribution in [0.5, 0.6) is 0 Å². The van der Waals surface area contributed by atoms with E-state index < -0.39 is 0 Å². The summed E-state index contributed by atoms with van der Waals surface area (Å²) in [6.07, 6.45) is 1.77. The van der Waals surface area contributed by atoms with E-state index in [9.17, 15) is 0 Å². The molecule has 1 heterocycles. The Labute approximate surface area is 133 Å². The maximum atomic E-state index is 4.20. The van der Waals surface area contributed by atoms with Crippen molar-refractivity contribution in [2.24, 2.45) is 5.10 Å². The Morgan fingerprint density at radius 3 is 2.23 bits per heavy atom. The molecule has 0 saturated carbocycles. The number of anilines is 1. The zero-order valence-electron chi connectivity index (χ0n) is 12.4. The van der Waals surface area contributed by atoms with Gasteiger partial charge in [0.15, 0.2) is 0 Å². The molecule has 4 nitrogen and oxygen atoms in total. The second-order valence-corrected chi connectivity index (χ2v) is 6.04. The summed E-state index contributed by atoms with van der Waals surface area (Å²) < 4.78 is 0. The van der Waals surface area contributed by atoms with Crippen LogP contribution in [-0.2, 0) is 0 Å². The fourth-order valence-electron chi connectivity index (χ4n) is 1.90. The molecule has 0 spiro atoms. The van der Waals surface area contributed by atoms with Crippen molar-refractivity contribution in [2.45, 2.75) is 13.8 Å². The van der Waals surface area contributed by atoms with Gasteiger partial charge >= 0.3 is 0 Å². The van der Waals surface area contributed by atoms with Crippen molar-refractivity contribution in [3.63, 3.8) is 0 Å². The minimum absolute atomic E-state index is 0.680. The van der Waals surface area contributed by atoms with Crippen molar-refractivity contribution in [3.05, 3.63) is 65.2 Å². The topological polar surface area (TPSA) is 50.2 Å². The van der Waals surface area contributed by atoms with Crippen LogP contribution in [0.4, 0.5) is 5.13 Å². The molecular formula is C17H16N4S. The fourth-order valence-corrected chi connectivity index (χ4v) is 2.59. The smallest absolute Gasteiger partial charge is 0.226 e. The Balaban J connectivity index is 1.66. The average Bonchev–Trinajstić information content (AvgIpc) is 2.99. The van der Waals surface area contributed by atoms with Crippen molar-refractivity contribution in [2.75, 3.05) is 5.43 Å². The van der Waals surface area contributed by atoms with Gasteiger partial charge in [0.05, 0.1) is 6.21 Å². The molecule has 5 heteroatoms. The highest BCUT2D eigenvalue weighted by Gasteiger charge is 2.05. The van der Waals surface area contributed by atoms with Crippen LogP contribution in [0.25, 0.3) is 10.6 Å². The predicted molar refractivity (Wildman–Crippen MR) is 92.5 cm³/mol. The number of rotatable bonds is 4. The van der Waals surface area contributed by atoms with Crippen molar-refractivity contribution in [3.8, 4) is 10.6 Å². The third-order valence-electron chi connectivity index (χ3n) is 3.17. The molecule has 0 aliphatic carbocycles. The number of nitrogens with one attached hydrogen (secondary N) is 1. The molecular weight excluding hydrogens is 292 g/mol. The second kappa shape index (κ2) is 6.49. The molecule has 22 heavy (non-hydrogen) atoms. The van der Waals surface area contributed by atoms with Crippen molar-refractivity contribution < 1.29 is 0 Å². The second-order valence-electron chi connectivity index (χ2n) is 5.06. The molecule has 0 atom stereocenters. The molecule has 1 N–H and O–H groups in total. The molecule has 110 valence electrons. The molecule has 0 aliphatic rings. The highest BCUT2D eigenvalue weighted by Crippen LogP contribution is 2.26. The van der Waals surface area contributed by atoms with E-state index in [1.54, 1.807) is 6.21 Å². The van der Waals surface area contributed by atoms with Gasteiger partial charge in [-0.25, -0.2) is 0 Å². The summed E-state index contributed by atoms with van der Waals surface area (Å²) in [6.45, 7) is 4.13. The predicted octanol–water partition coefficient (Wildman–Crippen LogP) is 4.27. The summed E-state index contributed by atoms with van der Waals surface area (Å²) in [6, 6.07) is 16.4. The lowest BCUT2D eigenvalue weighted by Crippen LogP contribution is -1.89. The number of hydrogen-bond acceptors (Lipinski definition) is 5. The molecule has 0 unspecified atom stereocenters. The van der Waals surface area contributed by atoms with E-state index >= 15 is 0 Å². The summed E-state index contributed by atoms with van der Waals surface area (Å²) in [7, 11) is 0. The molecule has 0 fully saturated rings. The fraction of sp³-hybridized carbons (Fsp3) is 0.118.